The summed E-state index contributed by atoms with van der Waals surface area (Å²) in [6.45, 7) is 2.27. The lowest BCUT2D eigenvalue weighted by Gasteiger charge is -2.48. The Hall–Kier alpha value is -5.05. The average Bonchev–Trinajstić information content (AvgIpc) is 3.45. The second-order valence-corrected chi connectivity index (χ2v) is 15.1. The summed E-state index contributed by atoms with van der Waals surface area (Å²) in [4.78, 5) is 4.18. The van der Waals surface area contributed by atoms with Gasteiger partial charge in [0, 0.05) is 21.7 Å². The van der Waals surface area contributed by atoms with Crippen LogP contribution >= 0.6 is 10.0 Å². The first-order chi connectivity index (χ1) is 22.2. The summed E-state index contributed by atoms with van der Waals surface area (Å²) in [5.74, 6) is 0. The largest absolute Gasteiger partial charge is 0.309 e. The fraction of sp³-hybridized carbons (Fsp3) is 0.0698. The third kappa shape index (κ3) is 4.56. The minimum absolute atomic E-state index is 0.279. The first-order valence-electron chi connectivity index (χ1n) is 15.7. The van der Waals surface area contributed by atoms with Crippen LogP contribution in [-0.2, 0) is 0 Å². The lowest BCUT2D eigenvalue weighted by molar-refractivity contribution is 1.00. The molecule has 6 aromatic carbocycles. The van der Waals surface area contributed by atoms with E-state index in [4.69, 9.17) is 0 Å². The molecule has 0 saturated carbocycles. The number of rotatable bonds is 6. The molecular weight excluding hydrogens is 563 g/mol. The first kappa shape index (κ1) is 27.5. The Balaban J connectivity index is 1.45. The van der Waals surface area contributed by atoms with E-state index in [-0.39, 0.29) is 5.25 Å². The van der Waals surface area contributed by atoms with Crippen LogP contribution in [0.1, 0.15) is 18.9 Å². The summed E-state index contributed by atoms with van der Waals surface area (Å²) in [5, 5.41) is 2.86. The summed E-state index contributed by atoms with van der Waals surface area (Å²) in [5.41, 5.74) is 7.64. The number of nitrogens with zero attached hydrogens (tertiary/aromatic N) is 1. The molecule has 1 aliphatic carbocycles. The molecular formula is C43H35NS. The molecule has 0 saturated heterocycles. The zero-order valence-electron chi connectivity index (χ0n) is 25.4. The van der Waals surface area contributed by atoms with Crippen molar-refractivity contribution in [3.05, 3.63) is 187 Å². The quantitative estimate of drug-likeness (QED) is 0.180. The van der Waals surface area contributed by atoms with Crippen LogP contribution in [0.15, 0.2) is 196 Å². The van der Waals surface area contributed by atoms with E-state index in [1.165, 1.54) is 58.9 Å². The third-order valence-corrected chi connectivity index (χ3v) is 13.5. The molecule has 45 heavy (non-hydrogen) atoms. The number of aromatic nitrogens is 1. The van der Waals surface area contributed by atoms with Crippen molar-refractivity contribution >= 4 is 37.4 Å². The number of fused-ring (bicyclic) bond motifs is 3. The smallest absolute Gasteiger partial charge is 0.0541 e. The molecule has 8 rings (SSSR count). The SMILES string of the molecule is CC1=CCC(S(c2ccccc2)(c2ccccc2)c2ccc3c(c2)c2ccccc2n3-c2ccccc2)C=C1c1ccccc1. The van der Waals surface area contributed by atoms with Crippen LogP contribution in [0.2, 0.25) is 0 Å². The fourth-order valence-electron chi connectivity index (χ4n) is 7.19. The molecule has 1 aromatic heterocycles. The number of allylic oxidation sites excluding steroid dienone is 3. The van der Waals surface area contributed by atoms with Crippen LogP contribution in [-0.4, -0.2) is 9.82 Å². The van der Waals surface area contributed by atoms with Gasteiger partial charge in [0.1, 0.15) is 0 Å². The second-order valence-electron chi connectivity index (χ2n) is 11.8. The summed E-state index contributed by atoms with van der Waals surface area (Å²) in [7, 11) is -1.74. The van der Waals surface area contributed by atoms with Crippen molar-refractivity contribution in [2.45, 2.75) is 33.3 Å². The molecule has 1 aliphatic rings. The monoisotopic (exact) mass is 597 g/mol. The van der Waals surface area contributed by atoms with E-state index in [2.05, 4.69) is 187 Å². The minimum atomic E-state index is -1.74. The van der Waals surface area contributed by atoms with Gasteiger partial charge in [-0.3, -0.25) is 0 Å². The Morgan fingerprint density at radius 2 is 1.09 bits per heavy atom. The van der Waals surface area contributed by atoms with Gasteiger partial charge in [0.15, 0.2) is 0 Å². The minimum Gasteiger partial charge on any atom is -0.309 e. The van der Waals surface area contributed by atoms with E-state index in [1.54, 1.807) is 0 Å². The highest BCUT2D eigenvalue weighted by Gasteiger charge is 2.39. The number of hydrogen-bond donors (Lipinski definition) is 0. The number of para-hydroxylation sites is 2. The van der Waals surface area contributed by atoms with Gasteiger partial charge >= 0.3 is 0 Å². The molecule has 0 amide bonds. The molecule has 0 bridgehead atoms. The lowest BCUT2D eigenvalue weighted by atomic mass is 9.93. The van der Waals surface area contributed by atoms with Crippen molar-refractivity contribution in [1.29, 1.82) is 0 Å². The normalized spacial score (nSPS) is 15.5. The van der Waals surface area contributed by atoms with Gasteiger partial charge in [-0.2, -0.15) is 10.0 Å². The van der Waals surface area contributed by atoms with Gasteiger partial charge < -0.3 is 4.57 Å². The summed E-state index contributed by atoms with van der Waals surface area (Å²) < 4.78 is 2.41. The van der Waals surface area contributed by atoms with E-state index >= 15 is 0 Å². The van der Waals surface area contributed by atoms with Crippen LogP contribution < -0.4 is 0 Å². The Labute approximate surface area is 267 Å². The predicted octanol–water partition coefficient (Wildman–Crippen LogP) is 11.9. The molecule has 0 radical (unpaired) electrons. The maximum Gasteiger partial charge on any atom is 0.0541 e. The topological polar surface area (TPSA) is 4.93 Å². The van der Waals surface area contributed by atoms with Gasteiger partial charge in [0.25, 0.3) is 0 Å². The van der Waals surface area contributed by atoms with Crippen molar-refractivity contribution in [1.82, 2.24) is 4.57 Å². The van der Waals surface area contributed by atoms with Crippen LogP contribution in [0, 0.1) is 0 Å². The van der Waals surface area contributed by atoms with Crippen molar-refractivity contribution in [3.63, 3.8) is 0 Å². The van der Waals surface area contributed by atoms with Gasteiger partial charge in [-0.05, 0) is 105 Å². The molecule has 1 nitrogen and oxygen atoms in total. The standard InChI is InChI=1S/C43H35NS/c1-32-26-27-37(30-40(32)33-16-6-2-7-17-33)45(35-20-10-4-11-21-35,36-22-12-5-13-23-36)38-28-29-43-41(31-38)39-24-14-15-25-42(39)44(43)34-18-8-3-9-19-34/h2-26,28-31,37H,27H2,1H3. The fourth-order valence-corrected chi connectivity index (χ4v) is 11.5. The van der Waals surface area contributed by atoms with Crippen molar-refractivity contribution in [2.24, 2.45) is 0 Å². The van der Waals surface area contributed by atoms with Crippen LogP contribution in [0.25, 0.3) is 33.1 Å². The van der Waals surface area contributed by atoms with Gasteiger partial charge in [0.05, 0.1) is 11.0 Å². The molecule has 1 unspecified atom stereocenters. The number of hydrogen-bond acceptors (Lipinski definition) is 0. The average molecular weight is 598 g/mol. The molecule has 218 valence electrons. The highest BCUT2D eigenvalue weighted by molar-refractivity contribution is 8.34. The molecule has 2 heteroatoms. The Morgan fingerprint density at radius 1 is 0.533 bits per heavy atom. The van der Waals surface area contributed by atoms with Gasteiger partial charge in [-0.25, -0.2) is 0 Å². The third-order valence-electron chi connectivity index (χ3n) is 9.23. The molecule has 7 aromatic rings. The zero-order chi connectivity index (χ0) is 30.2. The highest BCUT2D eigenvalue weighted by atomic mass is 32.3. The maximum absolute atomic E-state index is 2.59. The highest BCUT2D eigenvalue weighted by Crippen LogP contribution is 2.73. The van der Waals surface area contributed by atoms with Crippen molar-refractivity contribution in [2.75, 3.05) is 0 Å². The van der Waals surface area contributed by atoms with Crippen LogP contribution in [0.5, 0.6) is 0 Å². The molecule has 0 spiro atoms. The lowest BCUT2D eigenvalue weighted by Crippen LogP contribution is -2.20. The van der Waals surface area contributed by atoms with Crippen molar-refractivity contribution in [3.8, 4) is 5.69 Å². The van der Waals surface area contributed by atoms with Gasteiger partial charge in [0.2, 0.25) is 0 Å². The maximum atomic E-state index is 2.59. The zero-order valence-corrected chi connectivity index (χ0v) is 26.2. The first-order valence-corrected chi connectivity index (χ1v) is 17.4. The Kier molecular flexibility index (Phi) is 7.00. The second kappa shape index (κ2) is 11.5. The van der Waals surface area contributed by atoms with E-state index in [1.807, 2.05) is 0 Å². The van der Waals surface area contributed by atoms with Gasteiger partial charge in [-0.1, -0.05) is 115 Å². The van der Waals surface area contributed by atoms with E-state index in [0.29, 0.717) is 0 Å². The molecule has 0 N–H and O–H groups in total. The Bertz CT molecular complexity index is 2140. The number of benzene rings is 6. The van der Waals surface area contributed by atoms with Crippen LogP contribution in [0.3, 0.4) is 0 Å². The van der Waals surface area contributed by atoms with Crippen LogP contribution in [0.4, 0.5) is 0 Å². The van der Waals surface area contributed by atoms with Crippen molar-refractivity contribution < 1.29 is 0 Å². The Morgan fingerprint density at radius 3 is 1.76 bits per heavy atom. The van der Waals surface area contributed by atoms with Gasteiger partial charge in [-0.15, -0.1) is 0 Å². The molecule has 0 aliphatic heterocycles. The summed E-state index contributed by atoms with van der Waals surface area (Å²) in [6, 6.07) is 60.4. The predicted molar refractivity (Wildman–Crippen MR) is 193 cm³/mol. The molecule has 1 atom stereocenters. The van der Waals surface area contributed by atoms with E-state index < -0.39 is 10.0 Å². The summed E-state index contributed by atoms with van der Waals surface area (Å²) in [6.07, 6.45) is 6.06. The molecule has 0 fully saturated rings. The van der Waals surface area contributed by atoms with E-state index in [0.717, 1.165) is 6.42 Å². The van der Waals surface area contributed by atoms with E-state index in [9.17, 15) is 0 Å². The summed E-state index contributed by atoms with van der Waals surface area (Å²) >= 11 is 0. The molecule has 1 heterocycles.